The second-order valence-electron chi connectivity index (χ2n) is 5.13. The zero-order valence-corrected chi connectivity index (χ0v) is 11.8. The normalized spacial score (nSPS) is 10.9. The zero-order chi connectivity index (χ0) is 13.5. The fourth-order valence-electron chi connectivity index (χ4n) is 2.20. The molecule has 0 radical (unpaired) electrons. The van der Waals surface area contributed by atoms with Crippen LogP contribution < -0.4 is 5.73 Å². The van der Waals surface area contributed by atoms with Gasteiger partial charge >= 0.3 is 0 Å². The number of aryl methyl sites for hydroxylation is 1. The lowest BCUT2D eigenvalue weighted by Crippen LogP contribution is -2.15. The van der Waals surface area contributed by atoms with Crippen molar-refractivity contribution in [2.24, 2.45) is 11.7 Å². The van der Waals surface area contributed by atoms with Crippen molar-refractivity contribution in [3.63, 3.8) is 0 Å². The van der Waals surface area contributed by atoms with E-state index in [1.165, 1.54) is 18.4 Å². The van der Waals surface area contributed by atoms with Gasteiger partial charge in [-0.2, -0.15) is 0 Å². The molecule has 0 bridgehead atoms. The van der Waals surface area contributed by atoms with Gasteiger partial charge in [0.05, 0.1) is 0 Å². The van der Waals surface area contributed by atoms with E-state index in [2.05, 4.69) is 13.0 Å². The summed E-state index contributed by atoms with van der Waals surface area (Å²) in [5.74, 6) is 0.255. The van der Waals surface area contributed by atoms with Crippen molar-refractivity contribution in [2.75, 3.05) is 0 Å². The highest BCUT2D eigenvalue weighted by atomic mass is 16.1. The maximum absolute atomic E-state index is 12.3. The Labute approximate surface area is 111 Å². The molecule has 1 aromatic rings. The molecule has 0 aliphatic carbocycles. The first kappa shape index (κ1) is 14.9. The summed E-state index contributed by atoms with van der Waals surface area (Å²) in [4.78, 5) is 12.3. The molecule has 0 aromatic heterocycles. The van der Waals surface area contributed by atoms with Crippen LogP contribution in [-0.4, -0.2) is 5.78 Å². The standard InChI is InChI=1S/C16H25NO/c1-4-5-6-8-13-9-7-10-14(11-17)15(13)16(18)12(2)3/h7,9-10,12H,4-6,8,11,17H2,1-3H3. The van der Waals surface area contributed by atoms with Crippen molar-refractivity contribution in [3.8, 4) is 0 Å². The van der Waals surface area contributed by atoms with E-state index in [0.29, 0.717) is 6.54 Å². The summed E-state index contributed by atoms with van der Waals surface area (Å²) in [6, 6.07) is 6.06. The van der Waals surface area contributed by atoms with Crippen LogP contribution in [0.2, 0.25) is 0 Å². The Balaban J connectivity index is 3.04. The van der Waals surface area contributed by atoms with Crippen molar-refractivity contribution in [2.45, 2.75) is 53.0 Å². The quantitative estimate of drug-likeness (QED) is 0.589. The predicted molar refractivity (Wildman–Crippen MR) is 76.7 cm³/mol. The molecule has 0 unspecified atom stereocenters. The molecule has 18 heavy (non-hydrogen) atoms. The van der Waals surface area contributed by atoms with E-state index in [9.17, 15) is 4.79 Å². The number of hydrogen-bond acceptors (Lipinski definition) is 2. The lowest BCUT2D eigenvalue weighted by atomic mass is 9.89. The zero-order valence-electron chi connectivity index (χ0n) is 11.8. The molecule has 0 spiro atoms. The Kier molecular flexibility index (Phi) is 6.06. The molecular weight excluding hydrogens is 222 g/mol. The van der Waals surface area contributed by atoms with Crippen LogP contribution in [0.3, 0.4) is 0 Å². The Morgan fingerprint density at radius 2 is 1.89 bits per heavy atom. The number of Topliss-reactive ketones (excluding diaryl/α,β-unsaturated/α-hetero) is 1. The second-order valence-corrected chi connectivity index (χ2v) is 5.13. The van der Waals surface area contributed by atoms with Crippen LogP contribution in [0.4, 0.5) is 0 Å². The van der Waals surface area contributed by atoms with Gasteiger partial charge in [-0.15, -0.1) is 0 Å². The van der Waals surface area contributed by atoms with E-state index < -0.39 is 0 Å². The first-order chi connectivity index (χ1) is 8.61. The first-order valence-electron chi connectivity index (χ1n) is 6.96. The summed E-state index contributed by atoms with van der Waals surface area (Å²) in [5, 5.41) is 0. The first-order valence-corrected chi connectivity index (χ1v) is 6.96. The third kappa shape index (κ3) is 3.67. The number of rotatable bonds is 7. The van der Waals surface area contributed by atoms with Gasteiger partial charge in [0.2, 0.25) is 0 Å². The lowest BCUT2D eigenvalue weighted by Gasteiger charge is -2.14. The summed E-state index contributed by atoms with van der Waals surface area (Å²) < 4.78 is 0. The Bertz CT molecular complexity index is 396. The van der Waals surface area contributed by atoms with Gasteiger partial charge in [0, 0.05) is 18.0 Å². The maximum Gasteiger partial charge on any atom is 0.165 e. The van der Waals surface area contributed by atoms with Crippen LogP contribution in [0, 0.1) is 5.92 Å². The van der Waals surface area contributed by atoms with E-state index >= 15 is 0 Å². The molecule has 2 heteroatoms. The van der Waals surface area contributed by atoms with E-state index in [1.807, 2.05) is 26.0 Å². The van der Waals surface area contributed by atoms with Crippen molar-refractivity contribution in [1.82, 2.24) is 0 Å². The van der Waals surface area contributed by atoms with Gasteiger partial charge in [0.25, 0.3) is 0 Å². The average Bonchev–Trinajstić information content (AvgIpc) is 2.37. The van der Waals surface area contributed by atoms with E-state index in [0.717, 1.165) is 24.0 Å². The molecule has 2 nitrogen and oxygen atoms in total. The summed E-state index contributed by atoms with van der Waals surface area (Å²) in [7, 11) is 0. The molecule has 1 aromatic carbocycles. The summed E-state index contributed by atoms with van der Waals surface area (Å²) in [6.45, 7) is 6.53. The number of hydrogen-bond donors (Lipinski definition) is 1. The highest BCUT2D eigenvalue weighted by Gasteiger charge is 2.17. The average molecular weight is 247 g/mol. The molecule has 100 valence electrons. The summed E-state index contributed by atoms with van der Waals surface area (Å²) in [5.41, 5.74) is 8.80. The SMILES string of the molecule is CCCCCc1cccc(CN)c1C(=O)C(C)C. The third-order valence-corrected chi connectivity index (χ3v) is 3.28. The lowest BCUT2D eigenvalue weighted by molar-refractivity contribution is 0.0937. The van der Waals surface area contributed by atoms with Crippen LogP contribution in [-0.2, 0) is 13.0 Å². The highest BCUT2D eigenvalue weighted by Crippen LogP contribution is 2.21. The smallest absolute Gasteiger partial charge is 0.165 e. The van der Waals surface area contributed by atoms with Crippen molar-refractivity contribution >= 4 is 5.78 Å². The molecule has 0 heterocycles. The molecule has 0 saturated heterocycles. The van der Waals surface area contributed by atoms with Gasteiger partial charge in [-0.1, -0.05) is 51.8 Å². The number of benzene rings is 1. The molecule has 0 amide bonds. The second kappa shape index (κ2) is 7.32. The van der Waals surface area contributed by atoms with Crippen LogP contribution in [0.1, 0.15) is 61.5 Å². The van der Waals surface area contributed by atoms with Gasteiger partial charge in [-0.05, 0) is 24.0 Å². The minimum Gasteiger partial charge on any atom is -0.326 e. The minimum absolute atomic E-state index is 0.0302. The number of nitrogens with two attached hydrogens (primary N) is 1. The molecule has 0 fully saturated rings. The number of ketones is 1. The van der Waals surface area contributed by atoms with Crippen LogP contribution >= 0.6 is 0 Å². The highest BCUT2D eigenvalue weighted by molar-refractivity contribution is 6.00. The van der Waals surface area contributed by atoms with Crippen LogP contribution in [0.15, 0.2) is 18.2 Å². The molecule has 0 aliphatic rings. The largest absolute Gasteiger partial charge is 0.326 e. The van der Waals surface area contributed by atoms with Gasteiger partial charge in [0.15, 0.2) is 5.78 Å². The topological polar surface area (TPSA) is 43.1 Å². The van der Waals surface area contributed by atoms with Crippen LogP contribution in [0.25, 0.3) is 0 Å². The number of carbonyl (C=O) groups is 1. The molecule has 0 atom stereocenters. The van der Waals surface area contributed by atoms with Crippen molar-refractivity contribution in [1.29, 1.82) is 0 Å². The maximum atomic E-state index is 12.3. The Morgan fingerprint density at radius 1 is 1.22 bits per heavy atom. The van der Waals surface area contributed by atoms with Gasteiger partial charge < -0.3 is 5.73 Å². The van der Waals surface area contributed by atoms with Gasteiger partial charge in [0.1, 0.15) is 0 Å². The number of carbonyl (C=O) groups excluding carboxylic acids is 1. The Hall–Kier alpha value is -1.15. The monoisotopic (exact) mass is 247 g/mol. The molecule has 0 saturated carbocycles. The summed E-state index contributed by atoms with van der Waals surface area (Å²) >= 11 is 0. The molecule has 1 rings (SSSR count). The van der Waals surface area contributed by atoms with Gasteiger partial charge in [-0.3, -0.25) is 4.79 Å². The third-order valence-electron chi connectivity index (χ3n) is 3.28. The van der Waals surface area contributed by atoms with Crippen molar-refractivity contribution in [3.05, 3.63) is 34.9 Å². The van der Waals surface area contributed by atoms with Crippen LogP contribution in [0.5, 0.6) is 0 Å². The summed E-state index contributed by atoms with van der Waals surface area (Å²) in [6.07, 6.45) is 4.53. The molecular formula is C16H25NO. The molecule has 0 aliphatic heterocycles. The fraction of sp³-hybridized carbons (Fsp3) is 0.562. The number of unbranched alkanes of at least 4 members (excludes halogenated alkanes) is 2. The predicted octanol–water partition coefficient (Wildman–Crippen LogP) is 3.72. The van der Waals surface area contributed by atoms with E-state index in [1.54, 1.807) is 0 Å². The molecule has 2 N–H and O–H groups in total. The van der Waals surface area contributed by atoms with E-state index in [4.69, 9.17) is 5.73 Å². The Morgan fingerprint density at radius 3 is 2.44 bits per heavy atom. The minimum atomic E-state index is 0.0302. The fourth-order valence-corrected chi connectivity index (χ4v) is 2.20. The van der Waals surface area contributed by atoms with Crippen molar-refractivity contribution < 1.29 is 4.79 Å². The van der Waals surface area contributed by atoms with E-state index in [-0.39, 0.29) is 11.7 Å². The van der Waals surface area contributed by atoms with Gasteiger partial charge in [-0.25, -0.2) is 0 Å².